The number of rotatable bonds is 4. The van der Waals surface area contributed by atoms with Crippen molar-refractivity contribution >= 4 is 23.2 Å². The summed E-state index contributed by atoms with van der Waals surface area (Å²) in [5, 5.41) is 2.70. The zero-order chi connectivity index (χ0) is 23.0. The number of anilines is 2. The summed E-state index contributed by atoms with van der Waals surface area (Å²) in [7, 11) is 0. The van der Waals surface area contributed by atoms with E-state index in [0.717, 1.165) is 63.4 Å². The van der Waals surface area contributed by atoms with Gasteiger partial charge in [0.2, 0.25) is 5.91 Å². The molecule has 5 rings (SSSR count). The fourth-order valence-electron chi connectivity index (χ4n) is 5.05. The van der Waals surface area contributed by atoms with Crippen molar-refractivity contribution in [2.45, 2.75) is 19.3 Å². The molecule has 1 N–H and O–H groups in total. The molecule has 0 aromatic heterocycles. The molecule has 8 heteroatoms. The quantitative estimate of drug-likeness (QED) is 0.764. The number of halogens is 2. The highest BCUT2D eigenvalue weighted by molar-refractivity contribution is 5.96. The van der Waals surface area contributed by atoms with E-state index in [1.54, 1.807) is 0 Å². The van der Waals surface area contributed by atoms with Crippen molar-refractivity contribution in [3.8, 4) is 0 Å². The Morgan fingerprint density at radius 1 is 0.939 bits per heavy atom. The summed E-state index contributed by atoms with van der Waals surface area (Å²) in [6.45, 7) is 4.36. The summed E-state index contributed by atoms with van der Waals surface area (Å²) in [5.41, 5.74) is 1.93. The van der Waals surface area contributed by atoms with Crippen LogP contribution in [-0.4, -0.2) is 56.1 Å². The van der Waals surface area contributed by atoms with E-state index < -0.39 is 11.6 Å². The second-order valence-corrected chi connectivity index (χ2v) is 9.18. The lowest BCUT2D eigenvalue weighted by Gasteiger charge is -2.33. The van der Waals surface area contributed by atoms with Gasteiger partial charge in [-0.15, -0.1) is 0 Å². The van der Waals surface area contributed by atoms with Crippen LogP contribution in [0.4, 0.5) is 20.2 Å². The predicted octanol–water partition coefficient (Wildman–Crippen LogP) is 3.68. The summed E-state index contributed by atoms with van der Waals surface area (Å²) in [5.74, 6) is -2.23. The largest absolute Gasteiger partial charge is 0.378 e. The fraction of sp³-hybridized carbons (Fsp3) is 0.440. The molecule has 2 saturated heterocycles. The Morgan fingerprint density at radius 2 is 1.64 bits per heavy atom. The van der Waals surface area contributed by atoms with Crippen molar-refractivity contribution in [1.82, 2.24) is 4.90 Å². The van der Waals surface area contributed by atoms with E-state index in [1.165, 1.54) is 6.07 Å². The number of piperidine rings is 1. The molecule has 2 amide bonds. The van der Waals surface area contributed by atoms with E-state index in [1.807, 2.05) is 29.2 Å². The molecule has 174 valence electrons. The van der Waals surface area contributed by atoms with Crippen molar-refractivity contribution in [2.75, 3.05) is 49.6 Å². The average molecular weight is 456 g/mol. The highest BCUT2D eigenvalue weighted by Crippen LogP contribution is 2.59. The molecule has 2 aromatic carbocycles. The van der Waals surface area contributed by atoms with Gasteiger partial charge in [0.25, 0.3) is 5.91 Å². The van der Waals surface area contributed by atoms with Gasteiger partial charge in [0.15, 0.2) is 11.6 Å². The normalized spacial score (nSPS) is 21.7. The van der Waals surface area contributed by atoms with Crippen molar-refractivity contribution in [1.29, 1.82) is 0 Å². The second-order valence-electron chi connectivity index (χ2n) is 9.18. The first-order valence-electron chi connectivity index (χ1n) is 11.4. The lowest BCUT2D eigenvalue weighted by molar-refractivity contribution is -0.118. The van der Waals surface area contributed by atoms with Gasteiger partial charge in [0.05, 0.1) is 13.2 Å². The minimum Gasteiger partial charge on any atom is -0.378 e. The smallest absolute Gasteiger partial charge is 0.253 e. The molecule has 1 saturated carbocycles. The number of morpholine rings is 1. The summed E-state index contributed by atoms with van der Waals surface area (Å²) in [6, 6.07) is 11.1. The first-order valence-corrected chi connectivity index (χ1v) is 11.4. The summed E-state index contributed by atoms with van der Waals surface area (Å²) in [4.78, 5) is 29.7. The lowest BCUT2D eigenvalue weighted by Crippen LogP contribution is -2.40. The number of hydrogen-bond donors (Lipinski definition) is 1. The van der Waals surface area contributed by atoms with Crippen LogP contribution >= 0.6 is 0 Å². The zero-order valence-electron chi connectivity index (χ0n) is 18.4. The third-order valence-electron chi connectivity index (χ3n) is 7.23. The number of hydrogen-bond acceptors (Lipinski definition) is 4. The van der Waals surface area contributed by atoms with Gasteiger partial charge in [-0.1, -0.05) is 0 Å². The Kier molecular flexibility index (Phi) is 5.78. The maximum Gasteiger partial charge on any atom is 0.253 e. The highest BCUT2D eigenvalue weighted by Gasteiger charge is 2.58. The SMILES string of the molecule is O=C(Nc1ccc(F)c(F)c1)C1CC12CCN(C(=O)c1ccc(N3CCOCC3)cc1)CC2. The van der Waals surface area contributed by atoms with Gasteiger partial charge in [-0.25, -0.2) is 8.78 Å². The summed E-state index contributed by atoms with van der Waals surface area (Å²) < 4.78 is 31.9. The van der Waals surface area contributed by atoms with Crippen LogP contribution in [0.2, 0.25) is 0 Å². The van der Waals surface area contributed by atoms with E-state index in [-0.39, 0.29) is 28.8 Å². The van der Waals surface area contributed by atoms with Crippen LogP contribution in [0.25, 0.3) is 0 Å². The van der Waals surface area contributed by atoms with Crippen molar-refractivity contribution < 1.29 is 23.1 Å². The van der Waals surface area contributed by atoms with Gasteiger partial charge in [0.1, 0.15) is 0 Å². The van der Waals surface area contributed by atoms with E-state index in [4.69, 9.17) is 4.74 Å². The molecule has 3 aliphatic rings. The molecule has 1 aliphatic carbocycles. The Morgan fingerprint density at radius 3 is 2.30 bits per heavy atom. The molecular formula is C25H27F2N3O3. The van der Waals surface area contributed by atoms with Gasteiger partial charge in [0, 0.05) is 55.1 Å². The predicted molar refractivity (Wildman–Crippen MR) is 120 cm³/mol. The van der Waals surface area contributed by atoms with Crippen molar-refractivity contribution in [2.24, 2.45) is 11.3 Å². The Labute approximate surface area is 191 Å². The van der Waals surface area contributed by atoms with Crippen LogP contribution in [0, 0.1) is 23.0 Å². The maximum absolute atomic E-state index is 13.4. The van der Waals surface area contributed by atoms with Crippen LogP contribution in [0.5, 0.6) is 0 Å². The Hall–Kier alpha value is -3.00. The van der Waals surface area contributed by atoms with Gasteiger partial charge in [-0.05, 0) is 61.1 Å². The number of ether oxygens (including phenoxy) is 1. The number of carbonyl (C=O) groups is 2. The number of benzene rings is 2. The number of likely N-dealkylation sites (tertiary alicyclic amines) is 1. The van der Waals surface area contributed by atoms with Gasteiger partial charge in [-0.3, -0.25) is 9.59 Å². The minimum atomic E-state index is -0.983. The summed E-state index contributed by atoms with van der Waals surface area (Å²) in [6.07, 6.45) is 2.29. The van der Waals surface area contributed by atoms with E-state index in [2.05, 4.69) is 10.2 Å². The molecule has 1 spiro atoms. The number of nitrogens with one attached hydrogen (secondary N) is 1. The molecule has 0 radical (unpaired) electrons. The molecule has 1 unspecified atom stereocenters. The van der Waals surface area contributed by atoms with Gasteiger partial charge in [-0.2, -0.15) is 0 Å². The zero-order valence-corrected chi connectivity index (χ0v) is 18.4. The van der Waals surface area contributed by atoms with E-state index in [0.29, 0.717) is 18.7 Å². The molecule has 1 atom stereocenters. The van der Waals surface area contributed by atoms with Crippen LogP contribution in [-0.2, 0) is 9.53 Å². The van der Waals surface area contributed by atoms with Gasteiger partial charge < -0.3 is 19.9 Å². The molecule has 2 heterocycles. The molecule has 6 nitrogen and oxygen atoms in total. The standard InChI is InChI=1S/C25H27F2N3O3/c26-21-6-3-18(15-22(21)27)28-23(31)20-16-25(20)7-9-30(10-8-25)24(32)17-1-4-19(5-2-17)29-11-13-33-14-12-29/h1-6,15,20H,7-14,16H2,(H,28,31). The molecule has 2 aliphatic heterocycles. The van der Waals surface area contributed by atoms with Crippen molar-refractivity contribution in [3.05, 3.63) is 59.7 Å². The van der Waals surface area contributed by atoms with Crippen molar-refractivity contribution in [3.63, 3.8) is 0 Å². The minimum absolute atomic E-state index is 0.0156. The van der Waals surface area contributed by atoms with E-state index >= 15 is 0 Å². The van der Waals surface area contributed by atoms with Crippen LogP contribution in [0.1, 0.15) is 29.6 Å². The highest BCUT2D eigenvalue weighted by atomic mass is 19.2. The van der Waals surface area contributed by atoms with Gasteiger partial charge >= 0.3 is 0 Å². The Balaban J connectivity index is 1.14. The third kappa shape index (κ3) is 4.44. The molecule has 0 bridgehead atoms. The third-order valence-corrected chi connectivity index (χ3v) is 7.23. The Bertz CT molecular complexity index is 1050. The molecule has 33 heavy (non-hydrogen) atoms. The number of amides is 2. The number of carbonyl (C=O) groups excluding carboxylic acids is 2. The monoisotopic (exact) mass is 455 g/mol. The topological polar surface area (TPSA) is 61.9 Å². The maximum atomic E-state index is 13.4. The fourth-order valence-corrected chi connectivity index (χ4v) is 5.05. The summed E-state index contributed by atoms with van der Waals surface area (Å²) >= 11 is 0. The first-order chi connectivity index (χ1) is 15.9. The van der Waals surface area contributed by atoms with Crippen LogP contribution < -0.4 is 10.2 Å². The van der Waals surface area contributed by atoms with Crippen LogP contribution in [0.15, 0.2) is 42.5 Å². The molecule has 3 fully saturated rings. The second kappa shape index (κ2) is 8.74. The lowest BCUT2D eigenvalue weighted by atomic mass is 9.90. The molecule has 2 aromatic rings. The number of nitrogens with zero attached hydrogens (tertiary/aromatic N) is 2. The molecular weight excluding hydrogens is 428 g/mol. The first kappa shape index (κ1) is 21.8. The van der Waals surface area contributed by atoms with E-state index in [9.17, 15) is 18.4 Å². The van der Waals surface area contributed by atoms with Crippen LogP contribution in [0.3, 0.4) is 0 Å². The average Bonchev–Trinajstić information content (AvgIpc) is 3.55.